The molecule has 0 aliphatic carbocycles. The molecule has 1 unspecified atom stereocenters. The molecule has 0 bridgehead atoms. The third kappa shape index (κ3) is 3.59. The van der Waals surface area contributed by atoms with Crippen LogP contribution in [0.4, 0.5) is 5.69 Å². The molecule has 1 aromatic heterocycles. The van der Waals surface area contributed by atoms with E-state index >= 15 is 0 Å². The van der Waals surface area contributed by atoms with Crippen molar-refractivity contribution in [2.75, 3.05) is 11.9 Å². The molecule has 2 aromatic rings. The lowest BCUT2D eigenvalue weighted by molar-refractivity contribution is -0.118. The zero-order valence-corrected chi connectivity index (χ0v) is 13.6. The highest BCUT2D eigenvalue weighted by Crippen LogP contribution is 2.27. The highest BCUT2D eigenvalue weighted by atomic mass is 16.5. The molecule has 6 nitrogen and oxygen atoms in total. The average Bonchev–Trinajstić information content (AvgIpc) is 2.93. The fraction of sp³-hybridized carbons (Fsp3) is 0.471. The Morgan fingerprint density at radius 3 is 3.00 bits per heavy atom. The summed E-state index contributed by atoms with van der Waals surface area (Å²) in [4.78, 5) is 18.6. The summed E-state index contributed by atoms with van der Waals surface area (Å²) in [7, 11) is 1.90. The lowest BCUT2D eigenvalue weighted by Gasteiger charge is -2.21. The molecule has 1 atom stereocenters. The molecule has 1 aliphatic heterocycles. The molecule has 6 heteroatoms. The van der Waals surface area contributed by atoms with Crippen LogP contribution in [0.2, 0.25) is 0 Å². The third-order valence-electron chi connectivity index (χ3n) is 4.21. The fourth-order valence-corrected chi connectivity index (χ4v) is 2.81. The highest BCUT2D eigenvalue weighted by molar-refractivity contribution is 5.94. The minimum absolute atomic E-state index is 0.110. The minimum atomic E-state index is 0.110. The van der Waals surface area contributed by atoms with Crippen molar-refractivity contribution in [3.63, 3.8) is 0 Å². The van der Waals surface area contributed by atoms with Gasteiger partial charge < -0.3 is 14.7 Å². The number of benzene rings is 1. The Morgan fingerprint density at radius 2 is 2.17 bits per heavy atom. The van der Waals surface area contributed by atoms with Gasteiger partial charge in [-0.3, -0.25) is 4.79 Å². The topological polar surface area (TPSA) is 71.3 Å². The van der Waals surface area contributed by atoms with Gasteiger partial charge in [0.25, 0.3) is 0 Å². The molecule has 2 heterocycles. The number of para-hydroxylation sites is 1. The van der Waals surface area contributed by atoms with Crippen LogP contribution < -0.4 is 10.2 Å². The van der Waals surface area contributed by atoms with Crippen LogP contribution in [0, 0.1) is 0 Å². The molecule has 3 rings (SSSR count). The number of carbonyl (C=O) groups is 1. The van der Waals surface area contributed by atoms with Crippen molar-refractivity contribution in [1.29, 1.82) is 0 Å². The van der Waals surface area contributed by atoms with Gasteiger partial charge in [0.05, 0.1) is 0 Å². The van der Waals surface area contributed by atoms with Crippen LogP contribution in [0.25, 0.3) is 0 Å². The van der Waals surface area contributed by atoms with E-state index < -0.39 is 0 Å². The summed E-state index contributed by atoms with van der Waals surface area (Å²) in [6.07, 6.45) is 3.05. The smallest absolute Gasteiger partial charge is 0.246 e. The Labute approximate surface area is 135 Å². The fourth-order valence-electron chi connectivity index (χ4n) is 2.81. The van der Waals surface area contributed by atoms with E-state index in [1.807, 2.05) is 25.2 Å². The van der Waals surface area contributed by atoms with Crippen LogP contribution in [-0.4, -0.2) is 29.1 Å². The number of anilines is 1. The molecule has 0 fully saturated rings. The van der Waals surface area contributed by atoms with Crippen LogP contribution in [0.3, 0.4) is 0 Å². The Kier molecular flexibility index (Phi) is 4.71. The first-order valence-corrected chi connectivity index (χ1v) is 8.04. The normalized spacial score (nSPS) is 16.1. The van der Waals surface area contributed by atoms with Gasteiger partial charge in [-0.2, -0.15) is 4.98 Å². The molecule has 0 saturated carbocycles. The van der Waals surface area contributed by atoms with Crippen LogP contribution in [0.15, 0.2) is 28.8 Å². The maximum absolute atomic E-state index is 12.4. The first kappa shape index (κ1) is 15.7. The SMILES string of the molecule is CNC(C)Cc1noc(CN2C(=O)CCCc3ccccc32)n1. The number of rotatable bonds is 5. The Morgan fingerprint density at radius 1 is 1.35 bits per heavy atom. The molecule has 1 aliphatic rings. The summed E-state index contributed by atoms with van der Waals surface area (Å²) in [5, 5.41) is 7.16. The van der Waals surface area contributed by atoms with Gasteiger partial charge >= 0.3 is 0 Å². The predicted octanol–water partition coefficient (Wildman–Crippen LogP) is 2.09. The summed E-state index contributed by atoms with van der Waals surface area (Å²) < 4.78 is 5.33. The van der Waals surface area contributed by atoms with Gasteiger partial charge in [-0.05, 0) is 38.4 Å². The second-order valence-corrected chi connectivity index (χ2v) is 5.96. The van der Waals surface area contributed by atoms with Crippen LogP contribution in [0.1, 0.15) is 37.0 Å². The van der Waals surface area contributed by atoms with Crippen molar-refractivity contribution >= 4 is 11.6 Å². The maximum Gasteiger partial charge on any atom is 0.246 e. The van der Waals surface area contributed by atoms with Crippen LogP contribution >= 0.6 is 0 Å². The van der Waals surface area contributed by atoms with Crippen molar-refractivity contribution in [2.45, 2.75) is 45.2 Å². The Balaban J connectivity index is 1.80. The summed E-state index contributed by atoms with van der Waals surface area (Å²) in [5.74, 6) is 1.25. The number of amides is 1. The van der Waals surface area contributed by atoms with Gasteiger partial charge in [0.2, 0.25) is 11.8 Å². The number of likely N-dealkylation sites (N-methyl/N-ethyl adjacent to an activating group) is 1. The number of nitrogens with one attached hydrogen (secondary N) is 1. The highest BCUT2D eigenvalue weighted by Gasteiger charge is 2.24. The molecular formula is C17H22N4O2. The molecule has 1 N–H and O–H groups in total. The van der Waals surface area contributed by atoms with Crippen LogP contribution in [-0.2, 0) is 24.2 Å². The third-order valence-corrected chi connectivity index (χ3v) is 4.21. The van der Waals surface area contributed by atoms with E-state index in [1.54, 1.807) is 4.90 Å². The van der Waals surface area contributed by atoms with E-state index in [2.05, 4.69) is 28.4 Å². The molecule has 1 amide bonds. The van der Waals surface area contributed by atoms with Gasteiger partial charge in [0.1, 0.15) is 6.54 Å². The van der Waals surface area contributed by atoms with E-state index in [-0.39, 0.29) is 11.9 Å². The van der Waals surface area contributed by atoms with Crippen LogP contribution in [0.5, 0.6) is 0 Å². The standard InChI is InChI=1S/C17H22N4O2/c1-12(18-2)10-15-19-16(23-20-15)11-21-14-8-4-3-6-13(14)7-5-9-17(21)22/h3-4,6,8,12,18H,5,7,9-11H2,1-2H3. The summed E-state index contributed by atoms with van der Waals surface area (Å²) >= 11 is 0. The van der Waals surface area contributed by atoms with Crippen molar-refractivity contribution < 1.29 is 9.32 Å². The molecule has 0 spiro atoms. The van der Waals surface area contributed by atoms with Crippen molar-refractivity contribution in [2.24, 2.45) is 0 Å². The molecule has 0 saturated heterocycles. The van der Waals surface area contributed by atoms with Gasteiger partial charge in [0, 0.05) is 24.6 Å². The average molecular weight is 314 g/mol. The van der Waals surface area contributed by atoms with Gasteiger partial charge in [-0.25, -0.2) is 0 Å². The lowest BCUT2D eigenvalue weighted by atomic mass is 10.1. The second kappa shape index (κ2) is 6.91. The quantitative estimate of drug-likeness (QED) is 0.915. The molecular weight excluding hydrogens is 292 g/mol. The predicted molar refractivity (Wildman–Crippen MR) is 87.1 cm³/mol. The minimum Gasteiger partial charge on any atom is -0.337 e. The number of carbonyl (C=O) groups excluding carboxylic acids is 1. The monoisotopic (exact) mass is 314 g/mol. The Hall–Kier alpha value is -2.21. The van der Waals surface area contributed by atoms with E-state index in [1.165, 1.54) is 5.56 Å². The van der Waals surface area contributed by atoms with Crippen molar-refractivity contribution in [3.8, 4) is 0 Å². The molecule has 0 radical (unpaired) electrons. The zero-order chi connectivity index (χ0) is 16.2. The van der Waals surface area contributed by atoms with E-state index in [4.69, 9.17) is 4.52 Å². The number of nitrogens with zero attached hydrogens (tertiary/aromatic N) is 3. The second-order valence-electron chi connectivity index (χ2n) is 5.96. The largest absolute Gasteiger partial charge is 0.337 e. The van der Waals surface area contributed by atoms with E-state index in [0.29, 0.717) is 31.1 Å². The van der Waals surface area contributed by atoms with Crippen molar-refractivity contribution in [1.82, 2.24) is 15.5 Å². The maximum atomic E-state index is 12.4. The van der Waals surface area contributed by atoms with Gasteiger partial charge in [-0.15, -0.1) is 0 Å². The Bertz CT molecular complexity index is 683. The van der Waals surface area contributed by atoms with Gasteiger partial charge in [0.15, 0.2) is 5.82 Å². The van der Waals surface area contributed by atoms with E-state index in [9.17, 15) is 4.79 Å². The molecule has 1 aromatic carbocycles. The summed E-state index contributed by atoms with van der Waals surface area (Å²) in [6.45, 7) is 2.39. The number of aryl methyl sites for hydroxylation is 1. The van der Waals surface area contributed by atoms with E-state index in [0.717, 1.165) is 18.5 Å². The lowest BCUT2D eigenvalue weighted by Crippen LogP contribution is -2.29. The summed E-state index contributed by atoms with van der Waals surface area (Å²) in [6, 6.07) is 8.31. The summed E-state index contributed by atoms with van der Waals surface area (Å²) in [5.41, 5.74) is 2.15. The first-order chi connectivity index (χ1) is 11.2. The first-order valence-electron chi connectivity index (χ1n) is 8.04. The molecule has 23 heavy (non-hydrogen) atoms. The number of hydrogen-bond acceptors (Lipinski definition) is 5. The number of hydrogen-bond donors (Lipinski definition) is 1. The zero-order valence-electron chi connectivity index (χ0n) is 13.6. The van der Waals surface area contributed by atoms with Gasteiger partial charge in [-0.1, -0.05) is 23.4 Å². The number of aromatic nitrogens is 2. The number of fused-ring (bicyclic) bond motifs is 1. The van der Waals surface area contributed by atoms with Crippen molar-refractivity contribution in [3.05, 3.63) is 41.5 Å². The molecule has 122 valence electrons.